The van der Waals surface area contributed by atoms with E-state index in [1.165, 1.54) is 128 Å². The van der Waals surface area contributed by atoms with E-state index in [0.717, 1.165) is 83.5 Å². The SMILES string of the molecule is CCCCCC/C=C\CCCCCCCCCC(=O)OC1C(OCC(NC(=O)C(O)CCCCCCCC/C=C\CCCCCC)C(O)/C=C/CCCCCCCCCCC)OC(CO)C(O)C1O. The van der Waals surface area contributed by atoms with Crippen molar-refractivity contribution in [2.24, 2.45) is 0 Å². The Balaban J connectivity index is 2.73. The van der Waals surface area contributed by atoms with Crippen molar-refractivity contribution in [3.63, 3.8) is 0 Å². The lowest BCUT2D eigenvalue weighted by Crippen LogP contribution is -2.61. The fourth-order valence-corrected chi connectivity index (χ4v) is 8.88. The van der Waals surface area contributed by atoms with E-state index in [1.807, 2.05) is 6.08 Å². The second kappa shape index (κ2) is 46.9. The van der Waals surface area contributed by atoms with Gasteiger partial charge in [0.25, 0.3) is 0 Å². The van der Waals surface area contributed by atoms with Crippen molar-refractivity contribution in [3.8, 4) is 0 Å². The first-order valence-electron chi connectivity index (χ1n) is 28.8. The van der Waals surface area contributed by atoms with Crippen LogP contribution in [0, 0.1) is 0 Å². The third-order valence-corrected chi connectivity index (χ3v) is 13.5. The van der Waals surface area contributed by atoms with Crippen LogP contribution in [-0.4, -0.2) is 99.6 Å². The van der Waals surface area contributed by atoms with E-state index in [0.29, 0.717) is 12.8 Å². The first-order chi connectivity index (χ1) is 33.7. The van der Waals surface area contributed by atoms with Gasteiger partial charge in [-0.25, -0.2) is 0 Å². The van der Waals surface area contributed by atoms with E-state index in [9.17, 15) is 35.1 Å². The predicted octanol–water partition coefficient (Wildman–Crippen LogP) is 12.7. The summed E-state index contributed by atoms with van der Waals surface area (Å²) in [5.41, 5.74) is 0. The van der Waals surface area contributed by atoms with Gasteiger partial charge in [-0.1, -0.05) is 211 Å². The van der Waals surface area contributed by atoms with Gasteiger partial charge in [-0.15, -0.1) is 0 Å². The molecule has 1 aliphatic rings. The first-order valence-corrected chi connectivity index (χ1v) is 28.8. The summed E-state index contributed by atoms with van der Waals surface area (Å²) < 4.78 is 17.6. The third-order valence-electron chi connectivity index (χ3n) is 13.5. The zero-order valence-electron chi connectivity index (χ0n) is 44.4. The molecule has 6 N–H and O–H groups in total. The molecule has 1 heterocycles. The Morgan fingerprint density at radius 3 is 1.42 bits per heavy atom. The lowest BCUT2D eigenvalue weighted by atomic mass is 9.99. The number of aliphatic hydroxyl groups is 5. The molecule has 1 rings (SSSR count). The van der Waals surface area contributed by atoms with Gasteiger partial charge in [-0.2, -0.15) is 0 Å². The van der Waals surface area contributed by atoms with E-state index in [4.69, 9.17) is 14.2 Å². The minimum atomic E-state index is -1.61. The van der Waals surface area contributed by atoms with Gasteiger partial charge in [0.15, 0.2) is 12.4 Å². The van der Waals surface area contributed by atoms with Crippen LogP contribution in [0.2, 0.25) is 0 Å². The Bertz CT molecular complexity index is 1260. The summed E-state index contributed by atoms with van der Waals surface area (Å²) >= 11 is 0. The van der Waals surface area contributed by atoms with Crippen molar-refractivity contribution in [1.82, 2.24) is 5.32 Å². The number of carbonyl (C=O) groups is 2. The molecule has 0 aromatic heterocycles. The number of carbonyl (C=O) groups excluding carboxylic acids is 2. The second-order valence-corrected chi connectivity index (χ2v) is 20.0. The number of esters is 1. The standard InChI is InChI=1S/C58H107NO10/c1-4-7-10-13-16-19-22-24-26-28-31-34-37-40-43-46-53(63)69-56-55(65)54(64)52(47-60)68-58(56)67-48-49(50(61)44-41-38-35-32-29-21-18-15-12-9-6-3)59-57(66)51(62)45-42-39-36-33-30-27-25-23-20-17-14-11-8-5-2/h19-20,22-23,41,44,49-52,54-56,58,60-62,64-65H,4-18,21,24-40,42-43,45-48H2,1-3H3,(H,59,66)/b22-19-,23-20-,44-41+. The summed E-state index contributed by atoms with van der Waals surface area (Å²) in [6.45, 7) is 5.74. The van der Waals surface area contributed by atoms with Crippen LogP contribution in [0.15, 0.2) is 36.5 Å². The van der Waals surface area contributed by atoms with E-state index in [1.54, 1.807) is 6.08 Å². The van der Waals surface area contributed by atoms with Gasteiger partial charge >= 0.3 is 5.97 Å². The van der Waals surface area contributed by atoms with E-state index >= 15 is 0 Å². The molecule has 404 valence electrons. The smallest absolute Gasteiger partial charge is 0.306 e. The Kier molecular flexibility index (Phi) is 44.1. The lowest BCUT2D eigenvalue weighted by Gasteiger charge is -2.41. The lowest BCUT2D eigenvalue weighted by molar-refractivity contribution is -0.305. The number of hydrogen-bond donors (Lipinski definition) is 6. The van der Waals surface area contributed by atoms with Gasteiger partial charge in [0.2, 0.25) is 5.91 Å². The molecule has 11 heteroatoms. The van der Waals surface area contributed by atoms with Crippen molar-refractivity contribution in [2.75, 3.05) is 13.2 Å². The van der Waals surface area contributed by atoms with Crippen LogP contribution < -0.4 is 5.32 Å². The molecule has 0 spiro atoms. The number of rotatable bonds is 48. The van der Waals surface area contributed by atoms with Crippen LogP contribution in [0.3, 0.4) is 0 Å². The maximum absolute atomic E-state index is 13.4. The summed E-state index contributed by atoms with van der Waals surface area (Å²) in [6, 6.07) is -1.02. The molecule has 0 saturated carbocycles. The molecule has 0 aromatic carbocycles. The quantitative estimate of drug-likeness (QED) is 0.0196. The van der Waals surface area contributed by atoms with Crippen LogP contribution in [0.5, 0.6) is 0 Å². The van der Waals surface area contributed by atoms with Crippen molar-refractivity contribution in [2.45, 2.75) is 307 Å². The zero-order chi connectivity index (χ0) is 50.4. The van der Waals surface area contributed by atoms with Crippen LogP contribution in [0.4, 0.5) is 0 Å². The van der Waals surface area contributed by atoms with E-state index in [-0.39, 0.29) is 19.4 Å². The van der Waals surface area contributed by atoms with Crippen LogP contribution in [0.1, 0.15) is 258 Å². The fourth-order valence-electron chi connectivity index (χ4n) is 8.88. The molecule has 0 aliphatic carbocycles. The molecule has 1 aliphatic heterocycles. The number of aliphatic hydroxyl groups excluding tert-OH is 5. The Hall–Kier alpha value is -2.12. The molecular formula is C58H107NO10. The molecule has 1 saturated heterocycles. The highest BCUT2D eigenvalue weighted by molar-refractivity contribution is 5.80. The van der Waals surface area contributed by atoms with Gasteiger partial charge in [-0.3, -0.25) is 9.59 Å². The third kappa shape index (κ3) is 35.6. The Morgan fingerprint density at radius 1 is 0.551 bits per heavy atom. The predicted molar refractivity (Wildman–Crippen MR) is 283 cm³/mol. The summed E-state index contributed by atoms with van der Waals surface area (Å²) in [4.78, 5) is 26.4. The Morgan fingerprint density at radius 2 is 0.957 bits per heavy atom. The van der Waals surface area contributed by atoms with Crippen molar-refractivity contribution in [1.29, 1.82) is 0 Å². The highest BCUT2D eigenvalue weighted by atomic mass is 16.7. The summed E-state index contributed by atoms with van der Waals surface area (Å²) in [5.74, 6) is -1.20. The molecule has 0 aromatic rings. The minimum Gasteiger partial charge on any atom is -0.454 e. The number of ether oxygens (including phenoxy) is 3. The van der Waals surface area contributed by atoms with E-state index in [2.05, 4.69) is 50.4 Å². The van der Waals surface area contributed by atoms with Crippen LogP contribution in [-0.2, 0) is 23.8 Å². The largest absolute Gasteiger partial charge is 0.454 e. The molecular weight excluding hydrogens is 871 g/mol. The van der Waals surface area contributed by atoms with Gasteiger partial charge in [-0.05, 0) is 77.0 Å². The topological polar surface area (TPSA) is 175 Å². The van der Waals surface area contributed by atoms with Gasteiger partial charge < -0.3 is 45.1 Å². The first kappa shape index (κ1) is 64.9. The maximum Gasteiger partial charge on any atom is 0.306 e. The average molecular weight is 978 g/mol. The average Bonchev–Trinajstić information content (AvgIpc) is 3.34. The summed E-state index contributed by atoms with van der Waals surface area (Å²) in [5, 5.41) is 56.7. The normalized spacial score (nSPS) is 20.0. The van der Waals surface area contributed by atoms with Gasteiger partial charge in [0, 0.05) is 6.42 Å². The highest BCUT2D eigenvalue weighted by Gasteiger charge is 2.47. The number of nitrogens with one attached hydrogen (secondary N) is 1. The van der Waals surface area contributed by atoms with Gasteiger partial charge in [0.1, 0.15) is 24.4 Å². The summed E-state index contributed by atoms with van der Waals surface area (Å²) in [7, 11) is 0. The molecule has 0 radical (unpaired) electrons. The molecule has 11 nitrogen and oxygen atoms in total. The maximum atomic E-state index is 13.4. The number of unbranched alkanes of at least 4 members (excludes halogenated alkanes) is 30. The minimum absolute atomic E-state index is 0.120. The molecule has 69 heavy (non-hydrogen) atoms. The van der Waals surface area contributed by atoms with Crippen LogP contribution >= 0.6 is 0 Å². The number of hydrogen-bond acceptors (Lipinski definition) is 10. The van der Waals surface area contributed by atoms with Gasteiger partial charge in [0.05, 0.1) is 25.4 Å². The zero-order valence-corrected chi connectivity index (χ0v) is 44.4. The molecule has 1 fully saturated rings. The van der Waals surface area contributed by atoms with Crippen molar-refractivity contribution in [3.05, 3.63) is 36.5 Å². The number of allylic oxidation sites excluding steroid dienone is 5. The molecule has 8 unspecified atom stereocenters. The molecule has 0 bridgehead atoms. The number of amides is 1. The van der Waals surface area contributed by atoms with Crippen LogP contribution in [0.25, 0.3) is 0 Å². The fraction of sp³-hybridized carbons (Fsp3) is 0.862. The van der Waals surface area contributed by atoms with E-state index < -0.39 is 67.4 Å². The molecule has 8 atom stereocenters. The molecule has 1 amide bonds. The van der Waals surface area contributed by atoms with Crippen molar-refractivity contribution >= 4 is 11.9 Å². The monoisotopic (exact) mass is 978 g/mol. The highest BCUT2D eigenvalue weighted by Crippen LogP contribution is 2.26. The Labute approximate surface area is 422 Å². The summed E-state index contributed by atoms with van der Waals surface area (Å²) in [6.07, 6.45) is 43.3. The second-order valence-electron chi connectivity index (χ2n) is 20.0. The van der Waals surface area contributed by atoms with Crippen molar-refractivity contribution < 1.29 is 49.3 Å².